The van der Waals surface area contributed by atoms with E-state index in [0.29, 0.717) is 5.88 Å². The molecule has 0 atom stereocenters. The summed E-state index contributed by atoms with van der Waals surface area (Å²) >= 11 is 0. The molecule has 1 heterocycles. The van der Waals surface area contributed by atoms with E-state index in [-0.39, 0.29) is 11.0 Å². The molecule has 1 N–H and O–H groups in total. The Morgan fingerprint density at radius 3 is 2.06 bits per heavy atom. The maximum atomic E-state index is 10.4. The summed E-state index contributed by atoms with van der Waals surface area (Å²) in [5.41, 5.74) is 1.84. The van der Waals surface area contributed by atoms with Gasteiger partial charge < -0.3 is 5.11 Å². The number of hydrogen-bond acceptors (Lipinski definition) is 2. The molecule has 1 aromatic heterocycles. The minimum atomic E-state index is -0.186. The van der Waals surface area contributed by atoms with Gasteiger partial charge in [0.25, 0.3) is 0 Å². The van der Waals surface area contributed by atoms with Crippen LogP contribution in [0.2, 0.25) is 0 Å². The minimum absolute atomic E-state index is 0.0307. The Morgan fingerprint density at radius 2 is 1.67 bits per heavy atom. The average Bonchev–Trinajstić information content (AvgIpc) is 2.51. The van der Waals surface area contributed by atoms with Crippen molar-refractivity contribution >= 4 is 0 Å². The van der Waals surface area contributed by atoms with Crippen LogP contribution in [0.25, 0.3) is 0 Å². The highest BCUT2D eigenvalue weighted by Gasteiger charge is 2.29. The summed E-state index contributed by atoms with van der Waals surface area (Å²) < 4.78 is 1.76. The Hall–Kier alpha value is -0.990. The molecule has 0 unspecified atom stereocenters. The molecule has 18 heavy (non-hydrogen) atoms. The molecule has 3 nitrogen and oxygen atoms in total. The van der Waals surface area contributed by atoms with Gasteiger partial charge in [0.1, 0.15) is 0 Å². The summed E-state index contributed by atoms with van der Waals surface area (Å²) in [5, 5.41) is 15.1. The molecule has 104 valence electrons. The number of rotatable bonds is 3. The Morgan fingerprint density at radius 1 is 1.11 bits per heavy atom. The Bertz CT molecular complexity index is 405. The van der Waals surface area contributed by atoms with E-state index in [1.807, 2.05) is 0 Å². The van der Waals surface area contributed by atoms with Gasteiger partial charge in [-0.2, -0.15) is 5.10 Å². The minimum Gasteiger partial charge on any atom is -0.493 e. The molecule has 0 fully saturated rings. The number of nitrogens with zero attached hydrogens (tertiary/aromatic N) is 2. The fraction of sp³-hybridized carbons (Fsp3) is 0.800. The van der Waals surface area contributed by atoms with Gasteiger partial charge in [0, 0.05) is 11.0 Å². The average molecular weight is 252 g/mol. The van der Waals surface area contributed by atoms with Gasteiger partial charge >= 0.3 is 0 Å². The van der Waals surface area contributed by atoms with Crippen LogP contribution >= 0.6 is 0 Å². The van der Waals surface area contributed by atoms with Crippen LogP contribution in [-0.2, 0) is 17.4 Å². The van der Waals surface area contributed by atoms with Crippen molar-refractivity contribution in [2.75, 3.05) is 0 Å². The second kappa shape index (κ2) is 4.94. The van der Waals surface area contributed by atoms with E-state index in [2.05, 4.69) is 53.6 Å². The molecule has 0 spiro atoms. The summed E-state index contributed by atoms with van der Waals surface area (Å²) in [4.78, 5) is 0. The van der Waals surface area contributed by atoms with Crippen LogP contribution in [0.4, 0.5) is 0 Å². The first-order valence-corrected chi connectivity index (χ1v) is 6.91. The third kappa shape index (κ3) is 3.06. The zero-order valence-corrected chi connectivity index (χ0v) is 13.0. The third-order valence-corrected chi connectivity index (χ3v) is 3.08. The highest BCUT2D eigenvalue weighted by Crippen LogP contribution is 2.34. The highest BCUT2D eigenvalue weighted by atomic mass is 16.3. The van der Waals surface area contributed by atoms with Crippen LogP contribution < -0.4 is 0 Å². The quantitative estimate of drug-likeness (QED) is 0.883. The number of hydrogen-bond donors (Lipinski definition) is 1. The fourth-order valence-corrected chi connectivity index (χ4v) is 2.10. The van der Waals surface area contributed by atoms with Gasteiger partial charge in [0.2, 0.25) is 5.88 Å². The molecule has 0 saturated carbocycles. The third-order valence-electron chi connectivity index (χ3n) is 3.08. The molecular weight excluding hydrogens is 224 g/mol. The summed E-state index contributed by atoms with van der Waals surface area (Å²) in [6.45, 7) is 14.8. The van der Waals surface area contributed by atoms with Crippen molar-refractivity contribution in [3.05, 3.63) is 11.3 Å². The molecule has 0 bridgehead atoms. The van der Waals surface area contributed by atoms with E-state index < -0.39 is 0 Å². The van der Waals surface area contributed by atoms with Crippen LogP contribution in [0.15, 0.2) is 0 Å². The van der Waals surface area contributed by atoms with Crippen LogP contribution in [0, 0.1) is 0 Å². The van der Waals surface area contributed by atoms with Crippen LogP contribution in [0.5, 0.6) is 5.88 Å². The standard InChI is InChI=1S/C15H28N2O/c1-8-9-10-11-12(14(2,3)4)16-17(13(11)18)15(5,6)7/h18H,8-10H2,1-7H3. The van der Waals surface area contributed by atoms with Crippen molar-refractivity contribution in [1.29, 1.82) is 0 Å². The summed E-state index contributed by atoms with van der Waals surface area (Å²) in [6, 6.07) is 0. The van der Waals surface area contributed by atoms with E-state index in [0.717, 1.165) is 30.5 Å². The molecule has 0 saturated heterocycles. The van der Waals surface area contributed by atoms with Crippen LogP contribution in [0.3, 0.4) is 0 Å². The molecule has 3 heteroatoms. The lowest BCUT2D eigenvalue weighted by Crippen LogP contribution is -2.24. The molecule has 0 aromatic carbocycles. The van der Waals surface area contributed by atoms with E-state index in [9.17, 15) is 5.11 Å². The summed E-state index contributed by atoms with van der Waals surface area (Å²) in [6.07, 6.45) is 3.13. The molecule has 0 amide bonds. The maximum absolute atomic E-state index is 10.4. The molecule has 0 aliphatic carbocycles. The predicted octanol–water partition coefficient (Wildman–Crippen LogP) is 3.98. The zero-order chi connectivity index (χ0) is 14.1. The van der Waals surface area contributed by atoms with Gasteiger partial charge in [-0.3, -0.25) is 0 Å². The number of aromatic nitrogens is 2. The fourth-order valence-electron chi connectivity index (χ4n) is 2.10. The lowest BCUT2D eigenvalue weighted by molar-refractivity contribution is 0.291. The zero-order valence-electron chi connectivity index (χ0n) is 13.0. The van der Waals surface area contributed by atoms with E-state index in [1.165, 1.54) is 0 Å². The van der Waals surface area contributed by atoms with Gasteiger partial charge in [-0.1, -0.05) is 34.1 Å². The van der Waals surface area contributed by atoms with Gasteiger partial charge in [-0.05, 0) is 33.6 Å². The largest absolute Gasteiger partial charge is 0.493 e. The lowest BCUT2D eigenvalue weighted by atomic mass is 9.88. The van der Waals surface area contributed by atoms with Gasteiger partial charge in [-0.25, -0.2) is 4.68 Å². The summed E-state index contributed by atoms with van der Waals surface area (Å²) in [7, 11) is 0. The molecule has 0 aliphatic heterocycles. The highest BCUT2D eigenvalue weighted by molar-refractivity contribution is 5.35. The normalized spacial score (nSPS) is 13.1. The molecule has 0 radical (unpaired) electrons. The number of aromatic hydroxyl groups is 1. The van der Waals surface area contributed by atoms with E-state index in [4.69, 9.17) is 0 Å². The second-order valence-corrected chi connectivity index (χ2v) is 7.09. The van der Waals surface area contributed by atoms with E-state index in [1.54, 1.807) is 4.68 Å². The van der Waals surface area contributed by atoms with Gasteiger partial charge in [0.05, 0.1) is 11.2 Å². The monoisotopic (exact) mass is 252 g/mol. The van der Waals surface area contributed by atoms with Gasteiger partial charge in [0.15, 0.2) is 0 Å². The first-order valence-electron chi connectivity index (χ1n) is 6.91. The Kier molecular flexibility index (Phi) is 4.14. The summed E-state index contributed by atoms with van der Waals surface area (Å²) in [5.74, 6) is 0.348. The number of unbranched alkanes of at least 4 members (excludes halogenated alkanes) is 1. The predicted molar refractivity (Wildman–Crippen MR) is 76.2 cm³/mol. The van der Waals surface area contributed by atoms with Crippen molar-refractivity contribution in [1.82, 2.24) is 9.78 Å². The molecule has 1 aromatic rings. The Balaban J connectivity index is 3.32. The smallest absolute Gasteiger partial charge is 0.213 e. The molecule has 1 rings (SSSR count). The SMILES string of the molecule is CCCCc1c(C(C)(C)C)nn(C(C)(C)C)c1O. The molecule has 0 aliphatic rings. The lowest BCUT2D eigenvalue weighted by Gasteiger charge is -2.20. The van der Waals surface area contributed by atoms with Crippen molar-refractivity contribution < 1.29 is 5.11 Å². The van der Waals surface area contributed by atoms with Crippen molar-refractivity contribution in [3.8, 4) is 5.88 Å². The second-order valence-electron chi connectivity index (χ2n) is 7.09. The molecular formula is C15H28N2O. The van der Waals surface area contributed by atoms with Crippen LogP contribution in [0.1, 0.15) is 72.6 Å². The first kappa shape index (κ1) is 15.1. The topological polar surface area (TPSA) is 38.0 Å². The van der Waals surface area contributed by atoms with Crippen molar-refractivity contribution in [2.24, 2.45) is 0 Å². The van der Waals surface area contributed by atoms with Crippen molar-refractivity contribution in [2.45, 2.75) is 78.7 Å². The van der Waals surface area contributed by atoms with E-state index >= 15 is 0 Å². The van der Waals surface area contributed by atoms with Gasteiger partial charge in [-0.15, -0.1) is 0 Å². The Labute approximate surface area is 111 Å². The van der Waals surface area contributed by atoms with Crippen molar-refractivity contribution in [3.63, 3.8) is 0 Å². The van der Waals surface area contributed by atoms with Crippen LogP contribution in [-0.4, -0.2) is 14.9 Å². The first-order chi connectivity index (χ1) is 8.09. The maximum Gasteiger partial charge on any atom is 0.213 e.